The van der Waals surface area contributed by atoms with Crippen LogP contribution in [0.4, 0.5) is 0 Å². The lowest BCUT2D eigenvalue weighted by molar-refractivity contribution is -0.301. The van der Waals surface area contributed by atoms with Crippen LogP contribution in [0.1, 0.15) is 53.0 Å². The van der Waals surface area contributed by atoms with Crippen molar-refractivity contribution in [2.75, 3.05) is 0 Å². The first-order valence-electron chi connectivity index (χ1n) is 12.8. The monoisotopic (exact) mass is 514 g/mol. The minimum absolute atomic E-state index is 0.0577. The number of hydrogen-bond acceptors (Lipinski definition) is 8. The second kappa shape index (κ2) is 9.12. The van der Waals surface area contributed by atoms with Crippen molar-refractivity contribution in [2.24, 2.45) is 28.1 Å². The molecule has 0 aliphatic heterocycles. The van der Waals surface area contributed by atoms with E-state index in [1.165, 1.54) is 19.9 Å². The number of aliphatic hydroxyl groups is 3. The Morgan fingerprint density at radius 2 is 1.76 bits per heavy atom. The van der Waals surface area contributed by atoms with Crippen molar-refractivity contribution in [3.05, 3.63) is 48.6 Å². The van der Waals surface area contributed by atoms with Crippen LogP contribution in [0.15, 0.2) is 43.0 Å². The largest absolute Gasteiger partial charge is 0.457 e. The summed E-state index contributed by atoms with van der Waals surface area (Å²) in [7, 11) is 0. The molecule has 0 heterocycles. The normalized spacial score (nSPS) is 42.9. The zero-order chi connectivity index (χ0) is 27.6. The third kappa shape index (κ3) is 3.92. The fourth-order valence-electron chi connectivity index (χ4n) is 7.54. The van der Waals surface area contributed by atoms with Crippen molar-refractivity contribution < 1.29 is 39.2 Å². The maximum Gasteiger partial charge on any atom is 0.303 e. The van der Waals surface area contributed by atoms with Crippen molar-refractivity contribution in [1.29, 1.82) is 0 Å². The summed E-state index contributed by atoms with van der Waals surface area (Å²) in [5.41, 5.74) is -5.16. The van der Waals surface area contributed by atoms with E-state index >= 15 is 0 Å². The second-order valence-electron chi connectivity index (χ2n) is 12.1. The van der Waals surface area contributed by atoms with Gasteiger partial charge in [0.15, 0.2) is 17.5 Å². The van der Waals surface area contributed by atoms with Gasteiger partial charge in [-0.2, -0.15) is 0 Å². The molecule has 1 aromatic carbocycles. The number of carbonyl (C=O) groups is 3. The van der Waals surface area contributed by atoms with Crippen LogP contribution < -0.4 is 0 Å². The van der Waals surface area contributed by atoms with Gasteiger partial charge in [-0.15, -0.1) is 6.58 Å². The maximum atomic E-state index is 13.9. The van der Waals surface area contributed by atoms with Gasteiger partial charge in [0, 0.05) is 18.8 Å². The van der Waals surface area contributed by atoms with E-state index in [0.717, 1.165) is 5.56 Å². The van der Waals surface area contributed by atoms with Gasteiger partial charge in [0.2, 0.25) is 0 Å². The molecule has 3 aliphatic carbocycles. The molecule has 8 nitrogen and oxygen atoms in total. The Morgan fingerprint density at radius 3 is 2.32 bits per heavy atom. The molecule has 3 N–H and O–H groups in total. The molecular formula is C29H38O8. The highest BCUT2D eigenvalue weighted by Gasteiger charge is 2.76. The molecule has 1 aromatic rings. The maximum absolute atomic E-state index is 13.9. The lowest BCUT2D eigenvalue weighted by Gasteiger charge is -2.67. The summed E-state index contributed by atoms with van der Waals surface area (Å²) in [4.78, 5) is 39.9. The Labute approximate surface area is 217 Å². The van der Waals surface area contributed by atoms with Crippen molar-refractivity contribution in [3.63, 3.8) is 0 Å². The van der Waals surface area contributed by atoms with Crippen molar-refractivity contribution in [2.45, 2.75) is 84.1 Å². The molecule has 3 saturated carbocycles. The molecule has 0 bridgehead atoms. The van der Waals surface area contributed by atoms with Crippen LogP contribution in [-0.2, 0) is 30.5 Å². The second-order valence-corrected chi connectivity index (χ2v) is 12.1. The standard InChI is InChI=1S/C29H38O8/c1-7-27(5)14-18(31)22-28(6)19(13-20(32)29(22,35)25(27)34)26(3,4)23(33)21(37-16(2)30)24(28)36-15-17-11-9-8-10-12-17/h7-12,19-24,32-33,35H,1,13-15H2,2-6H3/t19-,20+,21-,22+,23+,24-,27-,28-,29-/m0/s1. The molecule has 0 aromatic heterocycles. The molecule has 8 heteroatoms. The average molecular weight is 515 g/mol. The smallest absolute Gasteiger partial charge is 0.303 e. The van der Waals surface area contributed by atoms with Gasteiger partial charge in [-0.25, -0.2) is 0 Å². The fourth-order valence-corrected chi connectivity index (χ4v) is 7.54. The number of allylic oxidation sites excluding steroid dienone is 1. The van der Waals surface area contributed by atoms with Gasteiger partial charge in [-0.3, -0.25) is 14.4 Å². The third-order valence-corrected chi connectivity index (χ3v) is 9.43. The molecule has 0 spiro atoms. The Bertz CT molecular complexity index is 1100. The molecule has 9 atom stereocenters. The summed E-state index contributed by atoms with van der Waals surface area (Å²) in [6, 6.07) is 9.27. The van der Waals surface area contributed by atoms with Crippen molar-refractivity contribution >= 4 is 17.5 Å². The summed E-state index contributed by atoms with van der Waals surface area (Å²) in [6.45, 7) is 11.9. The predicted octanol–water partition coefficient (Wildman–Crippen LogP) is 2.37. The van der Waals surface area contributed by atoms with E-state index in [2.05, 4.69) is 6.58 Å². The van der Waals surface area contributed by atoms with Gasteiger partial charge >= 0.3 is 5.97 Å². The highest BCUT2D eigenvalue weighted by Crippen LogP contribution is 2.65. The number of ketones is 2. The van der Waals surface area contributed by atoms with Crippen LogP contribution in [0.5, 0.6) is 0 Å². The highest BCUT2D eigenvalue weighted by molar-refractivity contribution is 6.06. The van der Waals surface area contributed by atoms with Gasteiger partial charge in [-0.05, 0) is 30.2 Å². The van der Waals surface area contributed by atoms with Crippen LogP contribution in [-0.4, -0.2) is 62.9 Å². The molecule has 3 fully saturated rings. The molecule has 0 amide bonds. The Balaban J connectivity index is 1.91. The fraction of sp³-hybridized carbons (Fsp3) is 0.621. The molecule has 4 rings (SSSR count). The van der Waals surface area contributed by atoms with Crippen LogP contribution in [0, 0.1) is 28.1 Å². The number of benzene rings is 1. The number of fused-ring (bicyclic) bond motifs is 3. The molecular weight excluding hydrogens is 476 g/mol. The lowest BCUT2D eigenvalue weighted by Crippen LogP contribution is -2.79. The van der Waals surface area contributed by atoms with Crippen LogP contribution in [0.2, 0.25) is 0 Å². The minimum atomic E-state index is -2.39. The molecule has 0 saturated heterocycles. The van der Waals surface area contributed by atoms with Gasteiger partial charge in [-0.1, -0.05) is 57.2 Å². The van der Waals surface area contributed by atoms with Crippen LogP contribution >= 0.6 is 0 Å². The quantitative estimate of drug-likeness (QED) is 0.403. The first kappa shape index (κ1) is 27.6. The summed E-state index contributed by atoms with van der Waals surface area (Å²) in [6.07, 6.45) is -3.87. The van der Waals surface area contributed by atoms with Crippen molar-refractivity contribution in [3.8, 4) is 0 Å². The topological polar surface area (TPSA) is 130 Å². The first-order chi connectivity index (χ1) is 17.2. The summed E-state index contributed by atoms with van der Waals surface area (Å²) in [5, 5.41) is 34.8. The van der Waals surface area contributed by atoms with E-state index in [0.29, 0.717) is 0 Å². The van der Waals surface area contributed by atoms with E-state index in [-0.39, 0.29) is 19.4 Å². The number of carbonyl (C=O) groups excluding carboxylic acids is 3. The van der Waals surface area contributed by atoms with Crippen molar-refractivity contribution in [1.82, 2.24) is 0 Å². The SMILES string of the molecule is C=C[C@@]1(C)CC(=O)[C@H]2[C@](O)(C1=O)[C@H](O)C[C@H]1C(C)(C)[C@H](O)[C@H](OC(C)=O)[C@H](OCc3ccccc3)[C@@]12C. The third-order valence-electron chi connectivity index (χ3n) is 9.43. The Hall–Kier alpha value is -2.39. The van der Waals surface area contributed by atoms with Gasteiger partial charge < -0.3 is 24.8 Å². The van der Waals surface area contributed by atoms with Gasteiger partial charge in [0.25, 0.3) is 0 Å². The van der Waals surface area contributed by atoms with Gasteiger partial charge in [0.05, 0.1) is 30.1 Å². The Morgan fingerprint density at radius 1 is 1.14 bits per heavy atom. The summed E-state index contributed by atoms with van der Waals surface area (Å²) in [5.74, 6) is -3.61. The van der Waals surface area contributed by atoms with E-state index in [4.69, 9.17) is 9.47 Å². The average Bonchev–Trinajstić information content (AvgIpc) is 2.83. The molecule has 37 heavy (non-hydrogen) atoms. The minimum Gasteiger partial charge on any atom is -0.457 e. The first-order valence-corrected chi connectivity index (χ1v) is 12.8. The number of aliphatic hydroxyl groups excluding tert-OH is 2. The molecule has 0 radical (unpaired) electrons. The van der Waals surface area contributed by atoms with Crippen LogP contribution in [0.25, 0.3) is 0 Å². The van der Waals surface area contributed by atoms with E-state index < -0.39 is 75.6 Å². The Kier molecular flexibility index (Phi) is 6.81. The number of Topliss-reactive ketones (excluding diaryl/α,β-unsaturated/α-hetero) is 2. The summed E-state index contributed by atoms with van der Waals surface area (Å²) < 4.78 is 12.0. The van der Waals surface area contributed by atoms with Crippen LogP contribution in [0.3, 0.4) is 0 Å². The molecule has 0 unspecified atom stereocenters. The number of hydrogen-bond donors (Lipinski definition) is 3. The number of rotatable bonds is 5. The molecule has 3 aliphatic rings. The van der Waals surface area contributed by atoms with E-state index in [1.807, 2.05) is 30.3 Å². The van der Waals surface area contributed by atoms with E-state index in [1.54, 1.807) is 20.8 Å². The number of ether oxygens (including phenoxy) is 2. The summed E-state index contributed by atoms with van der Waals surface area (Å²) >= 11 is 0. The zero-order valence-corrected chi connectivity index (χ0v) is 22.1. The molecule has 202 valence electrons. The lowest BCUT2D eigenvalue weighted by atomic mass is 9.39. The predicted molar refractivity (Wildman–Crippen MR) is 134 cm³/mol. The van der Waals surface area contributed by atoms with E-state index in [9.17, 15) is 29.7 Å². The number of esters is 1. The zero-order valence-electron chi connectivity index (χ0n) is 22.1. The van der Waals surface area contributed by atoms with Gasteiger partial charge in [0.1, 0.15) is 11.9 Å². The highest BCUT2D eigenvalue weighted by atomic mass is 16.6.